The average molecular weight is 273 g/mol. The van der Waals surface area contributed by atoms with Crippen LogP contribution in [-0.2, 0) is 6.54 Å². The second-order valence-corrected chi connectivity index (χ2v) is 3.93. The van der Waals surface area contributed by atoms with Crippen molar-refractivity contribution < 1.29 is 13.7 Å². The number of amides is 1. The molecule has 0 aliphatic carbocycles. The molecule has 0 unspecified atom stereocenters. The molecule has 0 aromatic carbocycles. The summed E-state index contributed by atoms with van der Waals surface area (Å²) in [6, 6.07) is 4.99. The Kier molecular flexibility index (Phi) is 3.27. The Bertz CT molecular complexity index is 672. The third-order valence-corrected chi connectivity index (χ3v) is 2.57. The molecule has 0 radical (unpaired) electrons. The molecule has 0 saturated carbocycles. The van der Waals surface area contributed by atoms with Crippen molar-refractivity contribution in [2.75, 3.05) is 6.54 Å². The van der Waals surface area contributed by atoms with Crippen LogP contribution in [0, 0.1) is 0 Å². The number of nitrogens with zero attached hydrogens (tertiary/aromatic N) is 4. The molecule has 20 heavy (non-hydrogen) atoms. The number of rotatable bonds is 5. The van der Waals surface area contributed by atoms with E-state index < -0.39 is 0 Å². The van der Waals surface area contributed by atoms with Gasteiger partial charge in [0.15, 0.2) is 11.5 Å². The quantitative estimate of drug-likeness (QED) is 0.743. The van der Waals surface area contributed by atoms with Gasteiger partial charge in [-0.3, -0.25) is 4.79 Å². The van der Waals surface area contributed by atoms with Gasteiger partial charge < -0.3 is 14.3 Å². The number of furan rings is 1. The van der Waals surface area contributed by atoms with Crippen molar-refractivity contribution >= 4 is 5.91 Å². The zero-order valence-electron chi connectivity index (χ0n) is 10.4. The maximum Gasteiger partial charge on any atom is 0.273 e. The second-order valence-electron chi connectivity index (χ2n) is 3.93. The lowest BCUT2D eigenvalue weighted by molar-refractivity contribution is 0.0942. The van der Waals surface area contributed by atoms with E-state index in [1.54, 1.807) is 24.5 Å². The predicted molar refractivity (Wildman–Crippen MR) is 66.6 cm³/mol. The van der Waals surface area contributed by atoms with Crippen molar-refractivity contribution in [1.82, 2.24) is 25.5 Å². The van der Waals surface area contributed by atoms with Gasteiger partial charge in [-0.05, 0) is 12.1 Å². The first kappa shape index (κ1) is 12.2. The lowest BCUT2D eigenvalue weighted by Gasteiger charge is -2.01. The van der Waals surface area contributed by atoms with Gasteiger partial charge in [0.1, 0.15) is 0 Å². The minimum absolute atomic E-state index is 0.199. The van der Waals surface area contributed by atoms with E-state index in [0.29, 0.717) is 24.6 Å². The maximum atomic E-state index is 11.8. The highest BCUT2D eigenvalue weighted by atomic mass is 16.5. The van der Waals surface area contributed by atoms with Gasteiger partial charge in [-0.15, -0.1) is 0 Å². The van der Waals surface area contributed by atoms with Gasteiger partial charge in [-0.2, -0.15) is 15.0 Å². The number of carbonyl (C=O) groups excluding carboxylic acids is 1. The van der Waals surface area contributed by atoms with E-state index in [9.17, 15) is 4.79 Å². The molecule has 3 heterocycles. The number of hydrogen-bond donors (Lipinski definition) is 1. The van der Waals surface area contributed by atoms with Crippen molar-refractivity contribution in [3.8, 4) is 11.5 Å². The highest BCUT2D eigenvalue weighted by Gasteiger charge is 2.14. The molecule has 3 aromatic heterocycles. The molecule has 1 amide bonds. The topological polar surface area (TPSA) is 99.0 Å². The van der Waals surface area contributed by atoms with Crippen LogP contribution in [0.3, 0.4) is 0 Å². The van der Waals surface area contributed by atoms with Crippen LogP contribution in [0.25, 0.3) is 11.5 Å². The molecule has 0 saturated heterocycles. The van der Waals surface area contributed by atoms with Gasteiger partial charge in [0.2, 0.25) is 5.76 Å². The molecule has 0 spiro atoms. The van der Waals surface area contributed by atoms with Gasteiger partial charge in [-0.25, -0.2) is 0 Å². The van der Waals surface area contributed by atoms with Crippen molar-refractivity contribution in [1.29, 1.82) is 0 Å². The Balaban J connectivity index is 1.57. The standard InChI is InChI=1S/C12H11N5O3/c18-12(13-5-6-17-14-3-4-15-17)9-8-11(20-16-9)10-2-1-7-19-10/h1-4,7-8H,5-6H2,(H,13,18). The Morgan fingerprint density at radius 2 is 2.15 bits per heavy atom. The fourth-order valence-corrected chi connectivity index (χ4v) is 1.64. The summed E-state index contributed by atoms with van der Waals surface area (Å²) >= 11 is 0. The van der Waals surface area contributed by atoms with Crippen LogP contribution in [0.4, 0.5) is 0 Å². The molecular formula is C12H11N5O3. The van der Waals surface area contributed by atoms with Crippen LogP contribution in [0.15, 0.2) is 45.8 Å². The third kappa shape index (κ3) is 2.58. The van der Waals surface area contributed by atoms with Gasteiger partial charge in [0.05, 0.1) is 25.2 Å². The van der Waals surface area contributed by atoms with Gasteiger partial charge >= 0.3 is 0 Å². The summed E-state index contributed by atoms with van der Waals surface area (Å²) in [5.74, 6) is 0.616. The zero-order chi connectivity index (χ0) is 13.8. The first-order valence-corrected chi connectivity index (χ1v) is 5.96. The number of hydrogen-bond acceptors (Lipinski definition) is 6. The molecule has 0 bridgehead atoms. The number of carbonyl (C=O) groups is 1. The van der Waals surface area contributed by atoms with E-state index in [0.717, 1.165) is 0 Å². The SMILES string of the molecule is O=C(NCCn1nccn1)c1cc(-c2ccco2)on1. The number of nitrogens with one attached hydrogen (secondary N) is 1. The molecule has 0 aliphatic heterocycles. The van der Waals surface area contributed by atoms with Gasteiger partial charge in [-0.1, -0.05) is 5.16 Å². The van der Waals surface area contributed by atoms with Gasteiger partial charge in [0, 0.05) is 12.6 Å². The summed E-state index contributed by atoms with van der Waals surface area (Å²) in [7, 11) is 0. The monoisotopic (exact) mass is 273 g/mol. The summed E-state index contributed by atoms with van der Waals surface area (Å²) in [4.78, 5) is 13.3. The molecule has 102 valence electrons. The fourth-order valence-electron chi connectivity index (χ4n) is 1.64. The lowest BCUT2D eigenvalue weighted by atomic mass is 10.3. The molecule has 0 fully saturated rings. The van der Waals surface area contributed by atoms with Crippen LogP contribution < -0.4 is 5.32 Å². The smallest absolute Gasteiger partial charge is 0.273 e. The van der Waals surface area contributed by atoms with E-state index in [2.05, 4.69) is 20.7 Å². The molecule has 3 rings (SSSR count). The van der Waals surface area contributed by atoms with Crippen molar-refractivity contribution in [3.05, 3.63) is 42.5 Å². The normalized spacial score (nSPS) is 10.6. The number of aromatic nitrogens is 4. The Hall–Kier alpha value is -2.90. The molecule has 8 nitrogen and oxygen atoms in total. The Labute approximate surface area is 113 Å². The maximum absolute atomic E-state index is 11.8. The molecular weight excluding hydrogens is 262 g/mol. The molecule has 0 atom stereocenters. The van der Waals surface area contributed by atoms with Crippen LogP contribution in [0.1, 0.15) is 10.5 Å². The van der Waals surface area contributed by atoms with Crippen molar-refractivity contribution in [2.45, 2.75) is 6.54 Å². The minimum Gasteiger partial charge on any atom is -0.461 e. The molecule has 8 heteroatoms. The van der Waals surface area contributed by atoms with E-state index >= 15 is 0 Å². The van der Waals surface area contributed by atoms with Crippen molar-refractivity contribution in [2.24, 2.45) is 0 Å². The van der Waals surface area contributed by atoms with Gasteiger partial charge in [0.25, 0.3) is 5.91 Å². The molecule has 1 N–H and O–H groups in total. The van der Waals surface area contributed by atoms with Crippen LogP contribution in [0.5, 0.6) is 0 Å². The second kappa shape index (κ2) is 5.39. The highest BCUT2D eigenvalue weighted by Crippen LogP contribution is 2.20. The highest BCUT2D eigenvalue weighted by molar-refractivity contribution is 5.92. The van der Waals surface area contributed by atoms with E-state index in [1.807, 2.05) is 0 Å². The van der Waals surface area contributed by atoms with Crippen LogP contribution in [0.2, 0.25) is 0 Å². The average Bonchev–Trinajstić information content (AvgIpc) is 3.20. The Morgan fingerprint density at radius 1 is 1.30 bits per heavy atom. The van der Waals surface area contributed by atoms with Crippen LogP contribution in [-0.4, -0.2) is 32.6 Å². The summed E-state index contributed by atoms with van der Waals surface area (Å²) in [5, 5.41) is 14.3. The van der Waals surface area contributed by atoms with Crippen molar-refractivity contribution in [3.63, 3.8) is 0 Å². The summed E-state index contributed by atoms with van der Waals surface area (Å²) in [6.45, 7) is 0.887. The van der Waals surface area contributed by atoms with E-state index in [-0.39, 0.29) is 11.6 Å². The molecule has 3 aromatic rings. The lowest BCUT2D eigenvalue weighted by Crippen LogP contribution is -2.28. The molecule has 0 aliphatic rings. The summed E-state index contributed by atoms with van der Waals surface area (Å²) < 4.78 is 10.2. The summed E-state index contributed by atoms with van der Waals surface area (Å²) in [5.41, 5.74) is 0.199. The largest absolute Gasteiger partial charge is 0.461 e. The predicted octanol–water partition coefficient (Wildman–Crippen LogP) is 0.956. The van der Waals surface area contributed by atoms with E-state index in [1.165, 1.54) is 17.1 Å². The van der Waals surface area contributed by atoms with Crippen LogP contribution >= 0.6 is 0 Å². The minimum atomic E-state index is -0.321. The zero-order valence-corrected chi connectivity index (χ0v) is 10.4. The third-order valence-electron chi connectivity index (χ3n) is 2.57. The first-order valence-electron chi connectivity index (χ1n) is 5.96. The Morgan fingerprint density at radius 3 is 2.90 bits per heavy atom. The van der Waals surface area contributed by atoms with E-state index in [4.69, 9.17) is 8.94 Å². The summed E-state index contributed by atoms with van der Waals surface area (Å²) in [6.07, 6.45) is 4.68. The fraction of sp³-hybridized carbons (Fsp3) is 0.167. The first-order chi connectivity index (χ1) is 9.83.